The van der Waals surface area contributed by atoms with Gasteiger partial charge in [0.1, 0.15) is 12.1 Å². The van der Waals surface area contributed by atoms with Crippen molar-refractivity contribution in [2.24, 2.45) is 0 Å². The molecule has 1 N–H and O–H groups in total. The van der Waals surface area contributed by atoms with Gasteiger partial charge in [0.25, 0.3) is 0 Å². The number of hydrogen-bond donors (Lipinski definition) is 1. The molecule has 118 valence electrons. The molecular formula is C17H14FNO3S. The van der Waals surface area contributed by atoms with Crippen LogP contribution in [0, 0.1) is 5.82 Å². The smallest absolute Gasteiger partial charge is 0.314 e. The fourth-order valence-electron chi connectivity index (χ4n) is 2.60. The van der Waals surface area contributed by atoms with Gasteiger partial charge in [-0.3, -0.25) is 4.79 Å². The molecule has 4 nitrogen and oxygen atoms in total. The molecule has 3 rings (SSSR count). The summed E-state index contributed by atoms with van der Waals surface area (Å²) in [4.78, 5) is 26.3. The van der Waals surface area contributed by atoms with E-state index in [1.54, 1.807) is 12.3 Å². The molecule has 1 atom stereocenters. The number of aromatic nitrogens is 1. The number of halogens is 1. The van der Waals surface area contributed by atoms with Crippen LogP contribution < -0.4 is 0 Å². The van der Waals surface area contributed by atoms with Crippen molar-refractivity contribution in [3.05, 3.63) is 46.5 Å². The van der Waals surface area contributed by atoms with Crippen LogP contribution in [0.5, 0.6) is 0 Å². The van der Waals surface area contributed by atoms with E-state index in [9.17, 15) is 14.0 Å². The quantitative estimate of drug-likeness (QED) is 0.570. The van der Waals surface area contributed by atoms with E-state index in [1.807, 2.05) is 17.5 Å². The summed E-state index contributed by atoms with van der Waals surface area (Å²) < 4.78 is 18.5. The number of rotatable bonds is 5. The van der Waals surface area contributed by atoms with Crippen LogP contribution in [0.2, 0.25) is 0 Å². The van der Waals surface area contributed by atoms with Crippen molar-refractivity contribution < 1.29 is 18.7 Å². The molecule has 2 aromatic heterocycles. The summed E-state index contributed by atoms with van der Waals surface area (Å²) in [5.74, 6) is -1.34. The number of carbonyl (C=O) groups excluding carboxylic acids is 2. The fourth-order valence-corrected chi connectivity index (χ4v) is 3.61. The number of aldehydes is 1. The molecule has 0 bridgehead atoms. The van der Waals surface area contributed by atoms with E-state index >= 15 is 0 Å². The minimum absolute atomic E-state index is 0.0785. The molecule has 0 spiro atoms. The largest absolute Gasteiger partial charge is 0.469 e. The minimum Gasteiger partial charge on any atom is -0.469 e. The molecule has 1 unspecified atom stereocenters. The van der Waals surface area contributed by atoms with Crippen molar-refractivity contribution in [2.45, 2.75) is 12.3 Å². The highest BCUT2D eigenvalue weighted by molar-refractivity contribution is 7.10. The van der Waals surface area contributed by atoms with E-state index in [-0.39, 0.29) is 12.2 Å². The van der Waals surface area contributed by atoms with Gasteiger partial charge in [0.15, 0.2) is 0 Å². The predicted octanol–water partition coefficient (Wildman–Crippen LogP) is 3.88. The Morgan fingerprint density at radius 3 is 3.04 bits per heavy atom. The van der Waals surface area contributed by atoms with E-state index in [0.717, 1.165) is 21.4 Å². The molecule has 0 radical (unpaired) electrons. The van der Waals surface area contributed by atoms with Gasteiger partial charge in [-0.25, -0.2) is 4.39 Å². The Morgan fingerprint density at radius 1 is 1.48 bits per heavy atom. The number of benzene rings is 1. The van der Waals surface area contributed by atoms with E-state index < -0.39 is 11.9 Å². The third-order valence-electron chi connectivity index (χ3n) is 3.76. The maximum Gasteiger partial charge on any atom is 0.314 e. The first-order valence-corrected chi connectivity index (χ1v) is 7.89. The Balaban J connectivity index is 2.02. The molecule has 0 aliphatic heterocycles. The molecule has 0 saturated heterocycles. The van der Waals surface area contributed by atoms with Crippen LogP contribution >= 0.6 is 11.3 Å². The number of ether oxygens (including phenoxy) is 1. The van der Waals surface area contributed by atoms with Gasteiger partial charge in [-0.2, -0.15) is 0 Å². The highest BCUT2D eigenvalue weighted by Gasteiger charge is 2.23. The first kappa shape index (κ1) is 15.4. The lowest BCUT2D eigenvalue weighted by Gasteiger charge is -2.08. The Morgan fingerprint density at radius 2 is 2.30 bits per heavy atom. The third kappa shape index (κ3) is 2.77. The molecule has 0 aliphatic carbocycles. The summed E-state index contributed by atoms with van der Waals surface area (Å²) in [6.45, 7) is 0. The van der Waals surface area contributed by atoms with Crippen molar-refractivity contribution in [3.63, 3.8) is 0 Å². The Hall–Kier alpha value is -2.47. The standard InChI is InChI=1S/C17H14FNO3S/c1-22-17(21)12(5-6-20)15-7-10(9-23-15)13-8-19-16-11(13)3-2-4-14(16)18/h2-4,6-9,12,19H,5H2,1H3. The molecule has 2 heterocycles. The summed E-state index contributed by atoms with van der Waals surface area (Å²) in [5.41, 5.74) is 2.19. The summed E-state index contributed by atoms with van der Waals surface area (Å²) in [5, 5.41) is 2.67. The molecule has 0 saturated carbocycles. The summed E-state index contributed by atoms with van der Waals surface area (Å²) in [6.07, 6.45) is 2.53. The van der Waals surface area contributed by atoms with Crippen LogP contribution in [0.3, 0.4) is 0 Å². The second-order valence-electron chi connectivity index (χ2n) is 5.08. The van der Waals surface area contributed by atoms with Crippen molar-refractivity contribution in [1.82, 2.24) is 4.98 Å². The number of fused-ring (bicyclic) bond motifs is 1. The SMILES string of the molecule is COC(=O)C(CC=O)c1cc(-c2c[nH]c3c(F)cccc23)cs1. The number of hydrogen-bond acceptors (Lipinski definition) is 4. The highest BCUT2D eigenvalue weighted by atomic mass is 32.1. The highest BCUT2D eigenvalue weighted by Crippen LogP contribution is 2.36. The molecule has 0 fully saturated rings. The monoisotopic (exact) mass is 331 g/mol. The molecule has 0 amide bonds. The van der Waals surface area contributed by atoms with E-state index in [2.05, 4.69) is 4.98 Å². The number of aromatic amines is 1. The Labute approximate surface area is 135 Å². The van der Waals surface area contributed by atoms with Gasteiger partial charge >= 0.3 is 5.97 Å². The fraction of sp³-hybridized carbons (Fsp3) is 0.176. The molecule has 0 aliphatic rings. The normalized spacial score (nSPS) is 12.3. The van der Waals surface area contributed by atoms with Crippen molar-refractivity contribution in [2.75, 3.05) is 7.11 Å². The summed E-state index contributed by atoms with van der Waals surface area (Å²) >= 11 is 1.38. The lowest BCUT2D eigenvalue weighted by molar-refractivity contribution is -0.143. The third-order valence-corrected chi connectivity index (χ3v) is 4.80. The predicted molar refractivity (Wildman–Crippen MR) is 87.0 cm³/mol. The first-order valence-electron chi connectivity index (χ1n) is 7.01. The number of nitrogens with one attached hydrogen (secondary N) is 1. The van der Waals surface area contributed by atoms with Crippen LogP contribution in [0.1, 0.15) is 17.2 Å². The average molecular weight is 331 g/mol. The Bertz CT molecular complexity index is 868. The molecule has 1 aromatic carbocycles. The van der Waals surface area contributed by atoms with E-state index in [1.165, 1.54) is 24.5 Å². The van der Waals surface area contributed by atoms with Crippen LogP contribution in [0.25, 0.3) is 22.0 Å². The number of methoxy groups -OCH3 is 1. The van der Waals surface area contributed by atoms with Gasteiger partial charge in [-0.05, 0) is 23.1 Å². The molecule has 23 heavy (non-hydrogen) atoms. The van der Waals surface area contributed by atoms with E-state index in [4.69, 9.17) is 4.74 Å². The first-order chi connectivity index (χ1) is 11.2. The number of carbonyl (C=O) groups is 2. The van der Waals surface area contributed by atoms with Crippen LogP contribution in [-0.4, -0.2) is 24.3 Å². The number of para-hydroxylation sites is 1. The molecule has 6 heteroatoms. The van der Waals surface area contributed by atoms with E-state index in [0.29, 0.717) is 11.8 Å². The van der Waals surface area contributed by atoms with Gasteiger partial charge in [0, 0.05) is 28.4 Å². The zero-order valence-electron chi connectivity index (χ0n) is 12.3. The van der Waals surface area contributed by atoms with Crippen LogP contribution in [0.4, 0.5) is 4.39 Å². The van der Waals surface area contributed by atoms with Crippen molar-refractivity contribution in [1.29, 1.82) is 0 Å². The zero-order valence-corrected chi connectivity index (χ0v) is 13.2. The van der Waals surface area contributed by atoms with Crippen LogP contribution in [-0.2, 0) is 14.3 Å². The summed E-state index contributed by atoms with van der Waals surface area (Å²) in [6, 6.07) is 6.75. The Kier molecular flexibility index (Phi) is 4.25. The zero-order chi connectivity index (χ0) is 16.4. The number of esters is 1. The lowest BCUT2D eigenvalue weighted by Crippen LogP contribution is -2.13. The molecule has 3 aromatic rings. The lowest BCUT2D eigenvalue weighted by atomic mass is 10.0. The van der Waals surface area contributed by atoms with Crippen LogP contribution in [0.15, 0.2) is 35.8 Å². The maximum absolute atomic E-state index is 13.8. The van der Waals surface area contributed by atoms with Crippen molar-refractivity contribution in [3.8, 4) is 11.1 Å². The number of thiophene rings is 1. The maximum atomic E-state index is 13.8. The van der Waals surface area contributed by atoms with Crippen molar-refractivity contribution >= 4 is 34.5 Å². The van der Waals surface area contributed by atoms with Gasteiger partial charge in [0.2, 0.25) is 0 Å². The molecular weight excluding hydrogens is 317 g/mol. The second kappa shape index (κ2) is 6.34. The summed E-state index contributed by atoms with van der Waals surface area (Å²) in [7, 11) is 1.30. The topological polar surface area (TPSA) is 59.2 Å². The minimum atomic E-state index is -0.599. The number of H-pyrrole nitrogens is 1. The van der Waals surface area contributed by atoms with Gasteiger partial charge in [-0.1, -0.05) is 12.1 Å². The van der Waals surface area contributed by atoms with Gasteiger partial charge in [0.05, 0.1) is 18.5 Å². The average Bonchev–Trinajstić information content (AvgIpc) is 3.19. The van der Waals surface area contributed by atoms with Gasteiger partial charge < -0.3 is 14.5 Å². The second-order valence-corrected chi connectivity index (χ2v) is 6.02. The van der Waals surface area contributed by atoms with Gasteiger partial charge in [-0.15, -0.1) is 11.3 Å².